The Morgan fingerprint density at radius 3 is 2.56 bits per heavy atom. The number of carbonyl (C=O) groups excluding carboxylic acids is 1. The highest BCUT2D eigenvalue weighted by Crippen LogP contribution is 2.44. The smallest absolute Gasteiger partial charge is 0.304 e. The largest absolute Gasteiger partial charge is 0.494 e. The van der Waals surface area contributed by atoms with Crippen LogP contribution in [0.15, 0.2) is 82.7 Å². The summed E-state index contributed by atoms with van der Waals surface area (Å²) in [5, 5.41) is 25.5. The van der Waals surface area contributed by atoms with Crippen LogP contribution >= 0.6 is 22.9 Å². The predicted octanol–water partition coefficient (Wildman–Crippen LogP) is 8.51. The predicted molar refractivity (Wildman–Crippen MR) is 271 cm³/mol. The van der Waals surface area contributed by atoms with Crippen LogP contribution in [0.5, 0.6) is 11.5 Å². The number of fused-ring (bicyclic) bond motifs is 5. The number of amides is 1. The lowest BCUT2D eigenvalue weighted by Gasteiger charge is -2.24. The third kappa shape index (κ3) is 9.62. The van der Waals surface area contributed by atoms with Crippen LogP contribution in [0, 0.1) is 27.7 Å². The first kappa shape index (κ1) is 48.7. The van der Waals surface area contributed by atoms with Gasteiger partial charge in [-0.05, 0) is 124 Å². The van der Waals surface area contributed by atoms with E-state index in [0.29, 0.717) is 41.7 Å². The topological polar surface area (TPSA) is 193 Å². The van der Waals surface area contributed by atoms with Gasteiger partial charge in [0.25, 0.3) is 0 Å². The Kier molecular flexibility index (Phi) is 13.8. The summed E-state index contributed by atoms with van der Waals surface area (Å²) in [5.41, 5.74) is 15.5. The minimum atomic E-state index is -4.01. The van der Waals surface area contributed by atoms with Gasteiger partial charge in [-0.15, -0.1) is 27.1 Å². The zero-order chi connectivity index (χ0) is 49.6. The second-order valence-corrected chi connectivity index (χ2v) is 21.7. The number of halogens is 1. The van der Waals surface area contributed by atoms with Crippen molar-refractivity contribution < 1.29 is 32.6 Å². The van der Waals surface area contributed by atoms with Gasteiger partial charge in [-0.25, -0.2) is 8.42 Å². The fourth-order valence-corrected chi connectivity index (χ4v) is 12.4. The quantitative estimate of drug-likeness (QED) is 0.0719. The average molecular weight is 1010 g/mol. The van der Waals surface area contributed by atoms with Crippen molar-refractivity contribution in [2.45, 2.75) is 96.2 Å². The number of aliphatic carboxylic acids is 1. The fourth-order valence-electron chi connectivity index (χ4n) is 9.50. The van der Waals surface area contributed by atoms with Gasteiger partial charge in [0.05, 0.1) is 37.9 Å². The lowest BCUT2D eigenvalue weighted by atomic mass is 9.86. The summed E-state index contributed by atoms with van der Waals surface area (Å²) >= 11 is 7.93. The molecule has 0 spiro atoms. The van der Waals surface area contributed by atoms with Crippen molar-refractivity contribution in [2.75, 3.05) is 37.7 Å². The summed E-state index contributed by atoms with van der Waals surface area (Å²) in [6, 6.07) is 21.8. The molecule has 0 radical (unpaired) electrons. The molecule has 2 aromatic heterocycles. The number of hydrogen-bond acceptors (Lipinski definition) is 13. The van der Waals surface area contributed by atoms with E-state index in [1.54, 1.807) is 29.5 Å². The van der Waals surface area contributed by atoms with Crippen LogP contribution in [-0.2, 0) is 32.6 Å². The average Bonchev–Trinajstić information content (AvgIpc) is 3.94. The number of sulfonamides is 1. The van der Waals surface area contributed by atoms with E-state index in [2.05, 4.69) is 40.3 Å². The molecule has 16 nitrogen and oxygen atoms in total. The van der Waals surface area contributed by atoms with E-state index >= 15 is 0 Å². The van der Waals surface area contributed by atoms with Gasteiger partial charge >= 0.3 is 5.97 Å². The minimum Gasteiger partial charge on any atom is -0.494 e. The highest BCUT2D eigenvalue weighted by Gasteiger charge is 2.36. The molecule has 3 aliphatic rings. The Morgan fingerprint density at radius 2 is 1.80 bits per heavy atom. The number of rotatable bonds is 15. The van der Waals surface area contributed by atoms with E-state index in [1.165, 1.54) is 9.18 Å². The molecule has 5 heterocycles. The van der Waals surface area contributed by atoms with Crippen LogP contribution in [0.2, 0.25) is 5.02 Å². The van der Waals surface area contributed by atoms with Gasteiger partial charge in [-0.2, -0.15) is 4.31 Å². The molecule has 366 valence electrons. The maximum Gasteiger partial charge on any atom is 0.304 e. The summed E-state index contributed by atoms with van der Waals surface area (Å²) in [7, 11) is -0.591. The Morgan fingerprint density at radius 1 is 1.01 bits per heavy atom. The number of nitrogens with one attached hydrogen (secondary N) is 3. The van der Waals surface area contributed by atoms with Crippen LogP contribution in [0.4, 0.5) is 11.4 Å². The molecule has 3 atom stereocenters. The number of ether oxygens (including phenoxy) is 2. The Labute approximate surface area is 416 Å². The number of thiophene rings is 1. The lowest BCUT2D eigenvalue weighted by molar-refractivity contribution is -0.137. The molecule has 4 aromatic carbocycles. The molecular weight excluding hydrogens is 950 g/mol. The van der Waals surface area contributed by atoms with Crippen molar-refractivity contribution in [3.05, 3.63) is 139 Å². The molecule has 1 amide bonds. The number of aromatic nitrogens is 3. The molecule has 3 aliphatic heterocycles. The van der Waals surface area contributed by atoms with Gasteiger partial charge in [0.2, 0.25) is 15.9 Å². The van der Waals surface area contributed by atoms with Gasteiger partial charge < -0.3 is 25.3 Å². The van der Waals surface area contributed by atoms with Crippen LogP contribution in [0.3, 0.4) is 0 Å². The molecule has 0 aliphatic carbocycles. The van der Waals surface area contributed by atoms with Crippen molar-refractivity contribution in [1.82, 2.24) is 29.9 Å². The van der Waals surface area contributed by atoms with Crippen molar-refractivity contribution in [1.29, 1.82) is 0 Å². The van der Waals surface area contributed by atoms with E-state index in [-0.39, 0.29) is 36.7 Å². The monoisotopic (exact) mass is 1010 g/mol. The number of carboxylic acids is 1. The molecular formula is C51H56ClN9O7S2. The standard InChI is InChI=1S/C51H56ClN9O7S2/c1-28-11-13-35(39(24-46(63)64)36-22-40-49(43(23-36)67-7)59(6)58-56-40)21-37(28)27-60-26-29(2)68-42-20-33(12-18-44(42)70(60,65)66)10-8-9-19-53-45(62)25-41-50-57-55-32(5)61(50)51-47(30(3)31(4)69-51)48(54-41)34-14-16-38(52)17-15-34/h11-18,20-23,29,39,41,56,58H,8-10,19,24-27H2,1-7H3,(H,53,62)(H,63,64)/t29-,39+,41+/m1/s1. The normalized spacial score (nSPS) is 17.4. The van der Waals surface area contributed by atoms with Crippen LogP contribution in [0.25, 0.3) is 5.00 Å². The molecule has 0 saturated heterocycles. The maximum absolute atomic E-state index is 14.4. The molecule has 6 aromatic rings. The van der Waals surface area contributed by atoms with Crippen LogP contribution in [0.1, 0.15) is 106 Å². The van der Waals surface area contributed by atoms with Gasteiger partial charge in [-0.3, -0.25) is 24.2 Å². The Balaban J connectivity index is 0.856. The second-order valence-electron chi connectivity index (χ2n) is 18.2. The maximum atomic E-state index is 14.4. The van der Waals surface area contributed by atoms with Crippen LogP contribution < -0.4 is 30.8 Å². The first-order valence-corrected chi connectivity index (χ1v) is 25.9. The highest BCUT2D eigenvalue weighted by molar-refractivity contribution is 7.89. The third-order valence-electron chi connectivity index (χ3n) is 13.3. The number of unbranched alkanes of at least 4 members (excludes halogenated alkanes) is 1. The number of benzene rings is 4. The number of aliphatic imine (C=N–C) groups is 1. The molecule has 70 heavy (non-hydrogen) atoms. The molecule has 0 fully saturated rings. The summed E-state index contributed by atoms with van der Waals surface area (Å²) < 4.78 is 44.3. The SMILES string of the molecule is COc1cc([C@@H](CC(=O)O)c2ccc(C)c(CN3C[C@@H](C)Oc4cc(CCCCNC(=O)C[C@@H]5N=C(c6ccc(Cl)cc6)c6c(sc(C)c6C)-n6c(C)nnc65)ccc4S3(=O)=O)c2)cc2c1N(C)NN2. The summed E-state index contributed by atoms with van der Waals surface area (Å²) in [4.78, 5) is 32.3. The fraction of sp³-hybridized carbons (Fsp3) is 0.353. The first-order chi connectivity index (χ1) is 33.5. The number of nitrogens with zero attached hydrogens (tertiary/aromatic N) is 6. The van der Waals surface area contributed by atoms with E-state index in [4.69, 9.17) is 26.1 Å². The number of anilines is 2. The van der Waals surface area contributed by atoms with Crippen molar-refractivity contribution in [3.8, 4) is 16.5 Å². The van der Waals surface area contributed by atoms with Crippen molar-refractivity contribution in [2.24, 2.45) is 4.99 Å². The van der Waals surface area contributed by atoms with Gasteiger partial charge in [0, 0.05) is 47.1 Å². The van der Waals surface area contributed by atoms with Crippen molar-refractivity contribution >= 4 is 61.9 Å². The number of hydrogen-bond donors (Lipinski definition) is 4. The molecule has 0 unspecified atom stereocenters. The highest BCUT2D eigenvalue weighted by atomic mass is 35.5. The number of aryl methyl sites for hydroxylation is 4. The second kappa shape index (κ2) is 19.8. The lowest BCUT2D eigenvalue weighted by Crippen LogP contribution is -2.35. The van der Waals surface area contributed by atoms with Gasteiger partial charge in [0.1, 0.15) is 45.1 Å². The minimum absolute atomic E-state index is 0.0668. The molecule has 0 bridgehead atoms. The van der Waals surface area contributed by atoms with Crippen molar-refractivity contribution in [3.63, 3.8) is 0 Å². The molecule has 4 N–H and O–H groups in total. The van der Waals surface area contributed by atoms with E-state index < -0.39 is 34.1 Å². The van der Waals surface area contributed by atoms with Gasteiger partial charge in [0.15, 0.2) is 5.82 Å². The summed E-state index contributed by atoms with van der Waals surface area (Å²) in [6.07, 6.45) is 1.52. The zero-order valence-electron chi connectivity index (χ0n) is 40.1. The first-order valence-electron chi connectivity index (χ1n) is 23.2. The van der Waals surface area contributed by atoms with E-state index in [0.717, 1.165) is 78.8 Å². The number of carboxylic acid groups (broad SMARTS) is 1. The molecule has 9 rings (SSSR count). The summed E-state index contributed by atoms with van der Waals surface area (Å²) in [5.74, 6) is 0.563. The van der Waals surface area contributed by atoms with E-state index in [9.17, 15) is 23.1 Å². The third-order valence-corrected chi connectivity index (χ3v) is 16.6. The molecule has 19 heteroatoms. The Hall–Kier alpha value is -6.31. The van der Waals surface area contributed by atoms with E-state index in [1.807, 2.05) is 99.1 Å². The summed E-state index contributed by atoms with van der Waals surface area (Å²) in [6.45, 7) is 10.5. The Bertz CT molecular complexity index is 3150. The number of hydrazine groups is 2. The zero-order valence-corrected chi connectivity index (χ0v) is 42.5. The molecule has 0 saturated carbocycles. The number of carbonyl (C=O) groups is 2. The van der Waals surface area contributed by atoms with Gasteiger partial charge in [-0.1, -0.05) is 48.0 Å². The number of methoxy groups -OCH3 is 1. The van der Waals surface area contributed by atoms with Crippen LogP contribution in [-0.4, -0.2) is 83.5 Å².